The first-order valence-corrected chi connectivity index (χ1v) is 6.65. The van der Waals surface area contributed by atoms with Crippen molar-refractivity contribution < 1.29 is 27.2 Å². The van der Waals surface area contributed by atoms with E-state index in [0.717, 1.165) is 0 Å². The van der Waals surface area contributed by atoms with Gasteiger partial charge in [0.15, 0.2) is 6.67 Å². The van der Waals surface area contributed by atoms with Crippen molar-refractivity contribution in [3.63, 3.8) is 0 Å². The molecule has 1 aliphatic rings. The fraction of sp³-hybridized carbons (Fsp3) is 0.571. The predicted octanol–water partition coefficient (Wildman–Crippen LogP) is 2.93. The van der Waals surface area contributed by atoms with Crippen molar-refractivity contribution in [2.45, 2.75) is 45.0 Å². The molecule has 1 fully saturated rings. The molecule has 0 aromatic heterocycles. The summed E-state index contributed by atoms with van der Waals surface area (Å²) in [5, 5.41) is 0. The molecule has 0 radical (unpaired) electrons. The van der Waals surface area contributed by atoms with Crippen LogP contribution in [-0.4, -0.2) is 31.1 Å². The van der Waals surface area contributed by atoms with E-state index in [9.17, 15) is 13.2 Å². The summed E-state index contributed by atoms with van der Waals surface area (Å²) in [6, 6.07) is 5.91. The Kier molecular flexibility index (Phi) is 4.01. The van der Waals surface area contributed by atoms with Crippen molar-refractivity contribution in [1.29, 1.82) is 0 Å². The van der Waals surface area contributed by atoms with Gasteiger partial charge in [-0.1, -0.05) is 12.1 Å². The lowest BCUT2D eigenvalue weighted by Crippen LogP contribution is -2.41. The number of alkyl halides is 3. The number of rotatable bonds is 4. The van der Waals surface area contributed by atoms with Gasteiger partial charge in [-0.2, -0.15) is 8.78 Å². The number of ether oxygens (including phenoxy) is 1. The fourth-order valence-electron chi connectivity index (χ4n) is 1.90. The third-order valence-electron chi connectivity index (χ3n) is 3.81. The molecule has 7 heteroatoms. The number of benzene rings is 1. The summed E-state index contributed by atoms with van der Waals surface area (Å²) in [6.45, 7) is 5.69. The molecular formula is C14H18BF3O3. The van der Waals surface area contributed by atoms with Gasteiger partial charge in [-0.25, -0.2) is 4.39 Å². The normalized spacial score (nSPS) is 20.6. The second-order valence-electron chi connectivity index (χ2n) is 6.03. The van der Waals surface area contributed by atoms with Crippen molar-refractivity contribution >= 4 is 12.6 Å². The van der Waals surface area contributed by atoms with E-state index in [0.29, 0.717) is 5.46 Å². The molecule has 0 saturated carbocycles. The van der Waals surface area contributed by atoms with Gasteiger partial charge in [0, 0.05) is 0 Å². The molecule has 0 unspecified atom stereocenters. The summed E-state index contributed by atoms with van der Waals surface area (Å²) >= 11 is 0. The molecular weight excluding hydrogens is 284 g/mol. The Morgan fingerprint density at radius 1 is 1.14 bits per heavy atom. The highest BCUT2D eigenvalue weighted by Crippen LogP contribution is 2.36. The summed E-state index contributed by atoms with van der Waals surface area (Å²) < 4.78 is 54.0. The quantitative estimate of drug-likeness (QED) is 0.800. The van der Waals surface area contributed by atoms with Crippen molar-refractivity contribution in [2.75, 3.05) is 6.67 Å². The molecule has 0 spiro atoms. The smallest absolute Gasteiger partial charge is 0.431 e. The molecule has 0 aliphatic carbocycles. The third-order valence-corrected chi connectivity index (χ3v) is 3.81. The van der Waals surface area contributed by atoms with Crippen molar-refractivity contribution in [3.8, 4) is 5.75 Å². The van der Waals surface area contributed by atoms with E-state index in [1.54, 1.807) is 6.07 Å². The summed E-state index contributed by atoms with van der Waals surface area (Å²) in [7, 11) is -0.683. The number of halogens is 3. The average molecular weight is 302 g/mol. The highest BCUT2D eigenvalue weighted by Gasteiger charge is 2.51. The maximum atomic E-state index is 12.9. The maximum Gasteiger partial charge on any atom is 0.494 e. The first-order chi connectivity index (χ1) is 9.56. The van der Waals surface area contributed by atoms with Crippen LogP contribution in [0.15, 0.2) is 24.3 Å². The standard InChI is InChI=1S/C14H18BF3O3/c1-12(2)13(3,4)21-15(20-12)10-6-5-7-11(8-10)19-14(17,18)9-16/h5-8H,9H2,1-4H3. The van der Waals surface area contributed by atoms with Crippen LogP contribution in [0.25, 0.3) is 0 Å². The van der Waals surface area contributed by atoms with Crippen LogP contribution in [0.3, 0.4) is 0 Å². The van der Waals surface area contributed by atoms with Crippen LogP contribution in [-0.2, 0) is 9.31 Å². The van der Waals surface area contributed by atoms with Crippen LogP contribution < -0.4 is 10.2 Å². The topological polar surface area (TPSA) is 27.7 Å². The molecule has 0 N–H and O–H groups in total. The Hall–Kier alpha value is -1.21. The highest BCUT2D eigenvalue weighted by atomic mass is 19.3. The summed E-state index contributed by atoms with van der Waals surface area (Å²) in [6.07, 6.45) is -3.84. The Morgan fingerprint density at radius 3 is 2.24 bits per heavy atom. The molecule has 21 heavy (non-hydrogen) atoms. The first kappa shape index (κ1) is 16.2. The lowest BCUT2D eigenvalue weighted by atomic mass is 9.79. The lowest BCUT2D eigenvalue weighted by Gasteiger charge is -2.32. The zero-order valence-electron chi connectivity index (χ0n) is 12.5. The van der Waals surface area contributed by atoms with Gasteiger partial charge in [0.25, 0.3) is 0 Å². The van der Waals surface area contributed by atoms with E-state index in [2.05, 4.69) is 4.74 Å². The van der Waals surface area contributed by atoms with Crippen LogP contribution >= 0.6 is 0 Å². The minimum Gasteiger partial charge on any atom is -0.431 e. The molecule has 116 valence electrons. The molecule has 0 amide bonds. The fourth-order valence-corrected chi connectivity index (χ4v) is 1.90. The molecule has 0 atom stereocenters. The van der Waals surface area contributed by atoms with Crippen molar-refractivity contribution in [1.82, 2.24) is 0 Å². The molecule has 1 aromatic rings. The van der Waals surface area contributed by atoms with Crippen LogP contribution in [0.2, 0.25) is 0 Å². The van der Waals surface area contributed by atoms with Crippen LogP contribution in [0.1, 0.15) is 27.7 Å². The van der Waals surface area contributed by atoms with E-state index < -0.39 is 31.1 Å². The summed E-state index contributed by atoms with van der Waals surface area (Å²) in [5.74, 6) is -0.134. The minimum absolute atomic E-state index is 0.134. The van der Waals surface area contributed by atoms with Gasteiger partial charge < -0.3 is 14.0 Å². The average Bonchev–Trinajstić information content (AvgIpc) is 2.58. The van der Waals surface area contributed by atoms with Gasteiger partial charge in [0.05, 0.1) is 11.2 Å². The largest absolute Gasteiger partial charge is 0.494 e. The highest BCUT2D eigenvalue weighted by molar-refractivity contribution is 6.62. The summed E-state index contributed by atoms with van der Waals surface area (Å²) in [4.78, 5) is 0. The Balaban J connectivity index is 2.20. The molecule has 1 heterocycles. The second-order valence-corrected chi connectivity index (χ2v) is 6.03. The van der Waals surface area contributed by atoms with Crippen molar-refractivity contribution in [2.24, 2.45) is 0 Å². The van der Waals surface area contributed by atoms with Gasteiger partial charge >= 0.3 is 13.2 Å². The molecule has 1 aliphatic heterocycles. The SMILES string of the molecule is CC1(C)OB(c2cccc(OC(F)(F)CF)c2)OC1(C)C. The number of hydrogen-bond donors (Lipinski definition) is 0. The van der Waals surface area contributed by atoms with Gasteiger partial charge in [-0.3, -0.25) is 0 Å². The van der Waals surface area contributed by atoms with Crippen LogP contribution in [0.5, 0.6) is 5.75 Å². The van der Waals surface area contributed by atoms with Crippen LogP contribution in [0.4, 0.5) is 13.2 Å². The molecule has 2 rings (SSSR count). The Morgan fingerprint density at radius 2 is 1.71 bits per heavy atom. The molecule has 0 bridgehead atoms. The molecule has 3 nitrogen and oxygen atoms in total. The van der Waals surface area contributed by atoms with Gasteiger partial charge in [-0.05, 0) is 45.3 Å². The zero-order chi connectivity index (χ0) is 15.9. The zero-order valence-corrected chi connectivity index (χ0v) is 12.5. The Labute approximate surface area is 122 Å². The van der Waals surface area contributed by atoms with E-state index in [1.165, 1.54) is 18.2 Å². The lowest BCUT2D eigenvalue weighted by molar-refractivity contribution is -0.186. The Bertz CT molecular complexity index is 504. The molecule has 1 saturated heterocycles. The first-order valence-electron chi connectivity index (χ1n) is 6.65. The van der Waals surface area contributed by atoms with Crippen LogP contribution in [0, 0.1) is 0 Å². The predicted molar refractivity (Wildman–Crippen MR) is 73.7 cm³/mol. The summed E-state index contributed by atoms with van der Waals surface area (Å²) in [5.41, 5.74) is -0.518. The monoisotopic (exact) mass is 302 g/mol. The second kappa shape index (κ2) is 5.21. The van der Waals surface area contributed by atoms with E-state index in [-0.39, 0.29) is 5.75 Å². The van der Waals surface area contributed by atoms with E-state index >= 15 is 0 Å². The maximum absolute atomic E-state index is 12.9. The van der Waals surface area contributed by atoms with Gasteiger partial charge in [-0.15, -0.1) is 0 Å². The number of hydrogen-bond acceptors (Lipinski definition) is 3. The molecule has 1 aromatic carbocycles. The van der Waals surface area contributed by atoms with E-state index in [1.807, 2.05) is 27.7 Å². The van der Waals surface area contributed by atoms with Crippen molar-refractivity contribution in [3.05, 3.63) is 24.3 Å². The van der Waals surface area contributed by atoms with Gasteiger partial charge in [0.1, 0.15) is 5.75 Å². The third kappa shape index (κ3) is 3.35. The van der Waals surface area contributed by atoms with E-state index in [4.69, 9.17) is 9.31 Å². The minimum atomic E-state index is -3.84. The van der Waals surface area contributed by atoms with Gasteiger partial charge in [0.2, 0.25) is 0 Å².